The first-order valence-electron chi connectivity index (χ1n) is 4.84. The van der Waals surface area contributed by atoms with Gasteiger partial charge >= 0.3 is 0 Å². The summed E-state index contributed by atoms with van der Waals surface area (Å²) in [4.78, 5) is 0. The van der Waals surface area contributed by atoms with Gasteiger partial charge in [-0.15, -0.1) is 0 Å². The van der Waals surface area contributed by atoms with E-state index in [-0.39, 0.29) is 5.41 Å². The van der Waals surface area contributed by atoms with Crippen LogP contribution in [0.3, 0.4) is 0 Å². The Balaban J connectivity index is 2.10. The van der Waals surface area contributed by atoms with E-state index in [9.17, 15) is 0 Å². The first-order valence-corrected chi connectivity index (χ1v) is 4.84. The molecule has 1 fully saturated rings. The van der Waals surface area contributed by atoms with Gasteiger partial charge in [0.25, 0.3) is 0 Å². The van der Waals surface area contributed by atoms with E-state index in [0.29, 0.717) is 5.92 Å². The lowest BCUT2D eigenvalue weighted by atomic mass is 9.96. The van der Waals surface area contributed by atoms with E-state index in [4.69, 9.17) is 10.00 Å². The van der Waals surface area contributed by atoms with Crippen LogP contribution in [0.2, 0.25) is 0 Å². The molecule has 0 amide bonds. The van der Waals surface area contributed by atoms with Crippen LogP contribution in [0.25, 0.3) is 0 Å². The van der Waals surface area contributed by atoms with Crippen LogP contribution in [0.15, 0.2) is 0 Å². The molecule has 74 valence electrons. The predicted octanol–water partition coefficient (Wildman–Crippen LogP) is 1.16. The summed E-state index contributed by atoms with van der Waals surface area (Å²) in [6.45, 7) is 7.41. The van der Waals surface area contributed by atoms with Gasteiger partial charge in [-0.3, -0.25) is 0 Å². The van der Waals surface area contributed by atoms with Crippen LogP contribution in [-0.4, -0.2) is 26.3 Å². The van der Waals surface area contributed by atoms with E-state index >= 15 is 0 Å². The molecule has 0 spiro atoms. The highest BCUT2D eigenvalue weighted by atomic mass is 16.5. The maximum atomic E-state index is 8.77. The monoisotopic (exact) mass is 182 g/mol. The smallest absolute Gasteiger partial charge is 0.0697 e. The van der Waals surface area contributed by atoms with Gasteiger partial charge < -0.3 is 10.1 Å². The fraction of sp³-hybridized carbons (Fsp3) is 0.900. The molecular formula is C10H18N2O. The molecule has 0 aliphatic carbocycles. The molecule has 3 heteroatoms. The standard InChI is InChI=1S/C10H18N2O/c1-10(2,7-11)8-12-5-9-3-4-13-6-9/h9,12H,3-6,8H2,1-2H3. The van der Waals surface area contributed by atoms with Gasteiger partial charge in [0, 0.05) is 19.7 Å². The molecule has 1 unspecified atom stereocenters. The van der Waals surface area contributed by atoms with E-state index in [0.717, 1.165) is 32.7 Å². The molecule has 0 aromatic heterocycles. The Labute approximate surface area is 80.1 Å². The quantitative estimate of drug-likeness (QED) is 0.709. The number of nitriles is 1. The van der Waals surface area contributed by atoms with Crippen LogP contribution < -0.4 is 5.32 Å². The van der Waals surface area contributed by atoms with Crippen molar-refractivity contribution in [3.8, 4) is 6.07 Å². The molecule has 1 aliphatic heterocycles. The minimum atomic E-state index is -0.251. The van der Waals surface area contributed by atoms with Crippen molar-refractivity contribution in [3.05, 3.63) is 0 Å². The molecule has 1 rings (SSSR count). The van der Waals surface area contributed by atoms with Gasteiger partial charge in [-0.25, -0.2) is 0 Å². The number of ether oxygens (including phenoxy) is 1. The summed E-state index contributed by atoms with van der Waals surface area (Å²) >= 11 is 0. The van der Waals surface area contributed by atoms with Gasteiger partial charge in [0.1, 0.15) is 0 Å². The highest BCUT2D eigenvalue weighted by Gasteiger charge is 2.19. The van der Waals surface area contributed by atoms with Crippen LogP contribution >= 0.6 is 0 Å². The van der Waals surface area contributed by atoms with Crippen LogP contribution in [0.1, 0.15) is 20.3 Å². The molecule has 1 N–H and O–H groups in total. The molecule has 1 heterocycles. The fourth-order valence-electron chi connectivity index (χ4n) is 1.37. The van der Waals surface area contributed by atoms with E-state index in [1.165, 1.54) is 0 Å². The molecule has 0 saturated carbocycles. The van der Waals surface area contributed by atoms with Gasteiger partial charge in [-0.1, -0.05) is 0 Å². The van der Waals surface area contributed by atoms with Crippen LogP contribution in [0, 0.1) is 22.7 Å². The predicted molar refractivity (Wildman–Crippen MR) is 51.2 cm³/mol. The Hall–Kier alpha value is -0.590. The summed E-state index contributed by atoms with van der Waals surface area (Å²) in [5, 5.41) is 12.1. The van der Waals surface area contributed by atoms with E-state index < -0.39 is 0 Å². The third kappa shape index (κ3) is 3.75. The molecule has 0 bridgehead atoms. The van der Waals surface area contributed by atoms with Gasteiger partial charge in [-0.2, -0.15) is 5.26 Å². The minimum absolute atomic E-state index is 0.251. The van der Waals surface area contributed by atoms with Crippen LogP contribution in [0.5, 0.6) is 0 Å². The Bertz CT molecular complexity index is 190. The average molecular weight is 182 g/mol. The van der Waals surface area contributed by atoms with Crippen molar-refractivity contribution < 1.29 is 4.74 Å². The second-order valence-corrected chi connectivity index (χ2v) is 4.36. The lowest BCUT2D eigenvalue weighted by molar-refractivity contribution is 0.185. The van der Waals surface area contributed by atoms with Crippen molar-refractivity contribution in [2.75, 3.05) is 26.3 Å². The Morgan fingerprint density at radius 1 is 1.62 bits per heavy atom. The summed E-state index contributed by atoms with van der Waals surface area (Å²) in [7, 11) is 0. The molecule has 13 heavy (non-hydrogen) atoms. The highest BCUT2D eigenvalue weighted by Crippen LogP contribution is 2.13. The molecule has 0 aromatic carbocycles. The molecule has 1 aliphatic rings. The van der Waals surface area contributed by atoms with Gasteiger partial charge in [0.05, 0.1) is 18.1 Å². The van der Waals surface area contributed by atoms with Crippen LogP contribution in [0.4, 0.5) is 0 Å². The minimum Gasteiger partial charge on any atom is -0.381 e. The number of hydrogen-bond donors (Lipinski definition) is 1. The highest BCUT2D eigenvalue weighted by molar-refractivity contribution is 4.93. The third-order valence-electron chi connectivity index (χ3n) is 2.33. The zero-order valence-electron chi connectivity index (χ0n) is 8.47. The first kappa shape index (κ1) is 10.5. The molecule has 0 aromatic rings. The third-order valence-corrected chi connectivity index (χ3v) is 2.33. The van der Waals surface area contributed by atoms with Gasteiger partial charge in [0.2, 0.25) is 0 Å². The lowest BCUT2D eigenvalue weighted by Crippen LogP contribution is -2.32. The topological polar surface area (TPSA) is 45.0 Å². The molecule has 1 atom stereocenters. The molecular weight excluding hydrogens is 164 g/mol. The van der Waals surface area contributed by atoms with E-state index in [1.54, 1.807) is 0 Å². The second-order valence-electron chi connectivity index (χ2n) is 4.36. The van der Waals surface area contributed by atoms with Crippen molar-refractivity contribution in [1.29, 1.82) is 5.26 Å². The zero-order chi connectivity index (χ0) is 9.73. The maximum absolute atomic E-state index is 8.77. The number of hydrogen-bond acceptors (Lipinski definition) is 3. The average Bonchev–Trinajstić information content (AvgIpc) is 2.57. The lowest BCUT2D eigenvalue weighted by Gasteiger charge is -2.17. The van der Waals surface area contributed by atoms with E-state index in [2.05, 4.69) is 11.4 Å². The fourth-order valence-corrected chi connectivity index (χ4v) is 1.37. The molecule has 1 saturated heterocycles. The van der Waals surface area contributed by atoms with Crippen molar-refractivity contribution in [3.63, 3.8) is 0 Å². The van der Waals surface area contributed by atoms with Gasteiger partial charge in [0.15, 0.2) is 0 Å². The summed E-state index contributed by atoms with van der Waals surface area (Å²) in [6.07, 6.45) is 1.15. The SMILES string of the molecule is CC(C)(C#N)CNCC1CCOC1. The summed E-state index contributed by atoms with van der Waals surface area (Å²) in [6, 6.07) is 2.27. The molecule has 0 radical (unpaired) electrons. The van der Waals surface area contributed by atoms with Crippen molar-refractivity contribution in [2.45, 2.75) is 20.3 Å². The van der Waals surface area contributed by atoms with E-state index in [1.807, 2.05) is 13.8 Å². The number of nitrogens with one attached hydrogen (secondary N) is 1. The van der Waals surface area contributed by atoms with Gasteiger partial charge in [-0.05, 0) is 26.2 Å². The maximum Gasteiger partial charge on any atom is 0.0697 e. The zero-order valence-corrected chi connectivity index (χ0v) is 8.47. The van der Waals surface area contributed by atoms with Crippen molar-refractivity contribution >= 4 is 0 Å². The van der Waals surface area contributed by atoms with Crippen molar-refractivity contribution in [2.24, 2.45) is 11.3 Å². The summed E-state index contributed by atoms with van der Waals surface area (Å²) in [5.41, 5.74) is -0.251. The number of rotatable bonds is 4. The summed E-state index contributed by atoms with van der Waals surface area (Å²) in [5.74, 6) is 0.648. The first-order chi connectivity index (χ1) is 6.14. The molecule has 3 nitrogen and oxygen atoms in total. The van der Waals surface area contributed by atoms with Crippen LogP contribution in [-0.2, 0) is 4.74 Å². The van der Waals surface area contributed by atoms with Crippen molar-refractivity contribution in [1.82, 2.24) is 5.32 Å². The Morgan fingerprint density at radius 2 is 2.38 bits per heavy atom. The Kier molecular flexibility index (Phi) is 3.71. The number of nitrogens with zero attached hydrogens (tertiary/aromatic N) is 1. The Morgan fingerprint density at radius 3 is 2.92 bits per heavy atom. The summed E-state index contributed by atoms with van der Waals surface area (Å²) < 4.78 is 5.26. The largest absolute Gasteiger partial charge is 0.381 e. The normalized spacial score (nSPS) is 23.0. The second kappa shape index (κ2) is 4.59.